The SMILES string of the molecule is Cc1cccc2c1OCc1ncccc1[C@@H]2O. The molecule has 1 N–H and O–H groups in total. The second-order valence-electron chi connectivity index (χ2n) is 4.22. The number of nitrogens with zero attached hydrogens (tertiary/aromatic N) is 1. The molecule has 0 amide bonds. The molecule has 0 bridgehead atoms. The number of rotatable bonds is 0. The molecule has 1 atom stereocenters. The van der Waals surface area contributed by atoms with Crippen molar-refractivity contribution in [3.05, 3.63) is 58.9 Å². The Bertz CT molecular complexity index is 566. The first-order valence-electron chi connectivity index (χ1n) is 5.61. The molecule has 2 heterocycles. The number of fused-ring (bicyclic) bond motifs is 2. The molecule has 1 aliphatic rings. The summed E-state index contributed by atoms with van der Waals surface area (Å²) in [5.41, 5.74) is 3.48. The summed E-state index contributed by atoms with van der Waals surface area (Å²) in [5, 5.41) is 10.4. The summed E-state index contributed by atoms with van der Waals surface area (Å²) in [7, 11) is 0. The topological polar surface area (TPSA) is 42.4 Å². The number of aliphatic hydroxyl groups is 1. The van der Waals surface area contributed by atoms with Gasteiger partial charge in [0, 0.05) is 17.3 Å². The molecular formula is C14H13NO2. The molecule has 0 saturated heterocycles. The summed E-state index contributed by atoms with van der Waals surface area (Å²) in [4.78, 5) is 4.26. The van der Waals surface area contributed by atoms with Crippen LogP contribution in [-0.2, 0) is 6.61 Å². The fraction of sp³-hybridized carbons (Fsp3) is 0.214. The fourth-order valence-electron chi connectivity index (χ4n) is 2.22. The van der Waals surface area contributed by atoms with E-state index in [2.05, 4.69) is 4.98 Å². The molecule has 3 nitrogen and oxygen atoms in total. The highest BCUT2D eigenvalue weighted by atomic mass is 16.5. The number of hydrogen-bond donors (Lipinski definition) is 1. The zero-order valence-electron chi connectivity index (χ0n) is 9.55. The van der Waals surface area contributed by atoms with Gasteiger partial charge in [0.2, 0.25) is 0 Å². The van der Waals surface area contributed by atoms with Crippen LogP contribution in [0.4, 0.5) is 0 Å². The summed E-state index contributed by atoms with van der Waals surface area (Å²) in [6.45, 7) is 2.39. The Hall–Kier alpha value is -1.87. The minimum absolute atomic E-state index is 0.408. The van der Waals surface area contributed by atoms with Gasteiger partial charge in [0.1, 0.15) is 18.5 Å². The van der Waals surface area contributed by atoms with Crippen molar-refractivity contribution < 1.29 is 9.84 Å². The summed E-state index contributed by atoms with van der Waals surface area (Å²) >= 11 is 0. The fourth-order valence-corrected chi connectivity index (χ4v) is 2.22. The number of benzene rings is 1. The van der Waals surface area contributed by atoms with Crippen molar-refractivity contribution >= 4 is 0 Å². The summed E-state index contributed by atoms with van der Waals surface area (Å²) in [6, 6.07) is 9.54. The van der Waals surface area contributed by atoms with Gasteiger partial charge >= 0.3 is 0 Å². The highest BCUT2D eigenvalue weighted by Crippen LogP contribution is 2.36. The van der Waals surface area contributed by atoms with E-state index in [4.69, 9.17) is 4.74 Å². The number of hydrogen-bond acceptors (Lipinski definition) is 3. The van der Waals surface area contributed by atoms with Crippen molar-refractivity contribution in [1.29, 1.82) is 0 Å². The van der Waals surface area contributed by atoms with Crippen LogP contribution in [0, 0.1) is 6.92 Å². The van der Waals surface area contributed by atoms with E-state index in [1.54, 1.807) is 6.20 Å². The monoisotopic (exact) mass is 227 g/mol. The average Bonchev–Trinajstić information content (AvgIpc) is 2.50. The maximum atomic E-state index is 10.4. The van der Waals surface area contributed by atoms with Gasteiger partial charge in [-0.1, -0.05) is 24.3 Å². The van der Waals surface area contributed by atoms with Crippen LogP contribution < -0.4 is 4.74 Å². The number of para-hydroxylation sites is 1. The lowest BCUT2D eigenvalue weighted by Crippen LogP contribution is -2.02. The first-order chi connectivity index (χ1) is 8.27. The van der Waals surface area contributed by atoms with Crippen molar-refractivity contribution in [3.8, 4) is 5.75 Å². The van der Waals surface area contributed by atoms with Gasteiger partial charge in [0.05, 0.1) is 5.69 Å². The third-order valence-electron chi connectivity index (χ3n) is 3.11. The third-order valence-corrected chi connectivity index (χ3v) is 3.11. The normalized spacial score (nSPS) is 17.6. The molecule has 86 valence electrons. The minimum atomic E-state index is -0.656. The maximum Gasteiger partial charge on any atom is 0.131 e. The number of aryl methyl sites for hydroxylation is 1. The lowest BCUT2D eigenvalue weighted by Gasteiger charge is -2.13. The van der Waals surface area contributed by atoms with E-state index >= 15 is 0 Å². The van der Waals surface area contributed by atoms with Crippen LogP contribution in [0.3, 0.4) is 0 Å². The highest BCUT2D eigenvalue weighted by molar-refractivity contribution is 5.47. The largest absolute Gasteiger partial charge is 0.487 e. The van der Waals surface area contributed by atoms with Crippen LogP contribution in [0.1, 0.15) is 28.5 Å². The van der Waals surface area contributed by atoms with Crippen molar-refractivity contribution in [3.63, 3.8) is 0 Å². The van der Waals surface area contributed by atoms with Crippen LogP contribution in [0.2, 0.25) is 0 Å². The summed E-state index contributed by atoms with van der Waals surface area (Å²) in [5.74, 6) is 0.776. The number of ether oxygens (including phenoxy) is 1. The number of aromatic nitrogens is 1. The Labute approximate surface area is 99.7 Å². The van der Waals surface area contributed by atoms with E-state index in [1.807, 2.05) is 37.3 Å². The molecule has 0 saturated carbocycles. The Morgan fingerprint density at radius 3 is 2.94 bits per heavy atom. The van der Waals surface area contributed by atoms with Crippen LogP contribution in [-0.4, -0.2) is 10.1 Å². The van der Waals surface area contributed by atoms with Gasteiger partial charge in [-0.15, -0.1) is 0 Å². The van der Waals surface area contributed by atoms with Gasteiger partial charge in [0.15, 0.2) is 0 Å². The van der Waals surface area contributed by atoms with Gasteiger partial charge in [0.25, 0.3) is 0 Å². The molecule has 1 aliphatic heterocycles. The lowest BCUT2D eigenvalue weighted by molar-refractivity contribution is 0.218. The number of pyridine rings is 1. The molecule has 2 aromatic rings. The molecule has 0 fully saturated rings. The van der Waals surface area contributed by atoms with Crippen LogP contribution in [0.15, 0.2) is 36.5 Å². The van der Waals surface area contributed by atoms with E-state index in [0.717, 1.165) is 28.1 Å². The quantitative estimate of drug-likeness (QED) is 0.751. The Kier molecular flexibility index (Phi) is 2.34. The molecule has 3 heteroatoms. The van der Waals surface area contributed by atoms with Gasteiger partial charge in [-0.05, 0) is 18.6 Å². The molecule has 1 aromatic heterocycles. The average molecular weight is 227 g/mol. The molecular weight excluding hydrogens is 214 g/mol. The zero-order chi connectivity index (χ0) is 11.8. The lowest BCUT2D eigenvalue weighted by atomic mass is 9.99. The Morgan fingerprint density at radius 1 is 1.24 bits per heavy atom. The van der Waals surface area contributed by atoms with Crippen molar-refractivity contribution in [2.45, 2.75) is 19.6 Å². The van der Waals surface area contributed by atoms with E-state index < -0.39 is 6.10 Å². The standard InChI is InChI=1S/C14H13NO2/c1-9-4-2-5-11-13(16)10-6-3-7-15-12(10)8-17-14(9)11/h2-7,13,16H,8H2,1H3/t13-/m0/s1. The van der Waals surface area contributed by atoms with Gasteiger partial charge in [-0.25, -0.2) is 0 Å². The Balaban J connectivity index is 2.20. The van der Waals surface area contributed by atoms with E-state index in [-0.39, 0.29) is 0 Å². The molecule has 0 unspecified atom stereocenters. The van der Waals surface area contributed by atoms with E-state index in [1.165, 1.54) is 0 Å². The zero-order valence-corrected chi connectivity index (χ0v) is 9.55. The first kappa shape index (κ1) is 10.3. The van der Waals surface area contributed by atoms with Gasteiger partial charge in [-0.3, -0.25) is 4.98 Å². The predicted octanol–water partition coefficient (Wildman–Crippen LogP) is 2.36. The molecule has 0 aliphatic carbocycles. The van der Waals surface area contributed by atoms with E-state index in [0.29, 0.717) is 6.61 Å². The van der Waals surface area contributed by atoms with Crippen molar-refractivity contribution in [2.75, 3.05) is 0 Å². The molecule has 0 spiro atoms. The predicted molar refractivity (Wildman–Crippen MR) is 63.8 cm³/mol. The highest BCUT2D eigenvalue weighted by Gasteiger charge is 2.23. The smallest absolute Gasteiger partial charge is 0.131 e. The van der Waals surface area contributed by atoms with Gasteiger partial charge < -0.3 is 9.84 Å². The molecule has 3 rings (SSSR count). The van der Waals surface area contributed by atoms with Crippen LogP contribution in [0.25, 0.3) is 0 Å². The first-order valence-corrected chi connectivity index (χ1v) is 5.61. The molecule has 1 aromatic carbocycles. The maximum absolute atomic E-state index is 10.4. The minimum Gasteiger partial charge on any atom is -0.487 e. The summed E-state index contributed by atoms with van der Waals surface area (Å²) in [6.07, 6.45) is 1.06. The second kappa shape index (κ2) is 3.86. The third kappa shape index (κ3) is 1.59. The number of aliphatic hydroxyl groups excluding tert-OH is 1. The Morgan fingerprint density at radius 2 is 2.06 bits per heavy atom. The second-order valence-corrected chi connectivity index (χ2v) is 4.22. The van der Waals surface area contributed by atoms with Crippen molar-refractivity contribution in [1.82, 2.24) is 4.98 Å². The van der Waals surface area contributed by atoms with Crippen LogP contribution >= 0.6 is 0 Å². The van der Waals surface area contributed by atoms with Crippen molar-refractivity contribution in [2.24, 2.45) is 0 Å². The summed E-state index contributed by atoms with van der Waals surface area (Å²) < 4.78 is 5.75. The molecule has 17 heavy (non-hydrogen) atoms. The van der Waals surface area contributed by atoms with E-state index in [9.17, 15) is 5.11 Å². The van der Waals surface area contributed by atoms with Crippen LogP contribution in [0.5, 0.6) is 5.75 Å². The van der Waals surface area contributed by atoms with Gasteiger partial charge in [-0.2, -0.15) is 0 Å². The molecule has 0 radical (unpaired) electrons.